The number of nitrogens with two attached hydrogens (primary N) is 1. The van der Waals surface area contributed by atoms with E-state index in [-0.39, 0.29) is 11.9 Å². The third-order valence-electron chi connectivity index (χ3n) is 3.84. The van der Waals surface area contributed by atoms with Gasteiger partial charge in [0, 0.05) is 12.1 Å². The maximum absolute atomic E-state index is 12.7. The normalized spacial score (nSPS) is 18.2. The number of aromatic nitrogens is 1. The Hall–Kier alpha value is -2.21. The Morgan fingerprint density at radius 1 is 1.23 bits per heavy atom. The lowest BCUT2D eigenvalue weighted by molar-refractivity contribution is 0.0611. The number of carbonyl (C=O) groups excluding carboxylic acids is 2. The zero-order chi connectivity index (χ0) is 15.5. The molecule has 1 fully saturated rings. The second kappa shape index (κ2) is 6.27. The fourth-order valence-corrected chi connectivity index (χ4v) is 3.65. The standard InChI is InChI=1S/C16H17N3O2S/c17-14(20)13-10-18-15(22-13)12-8-4-5-9-19(12)16(21)11-6-2-1-3-7-11/h1-3,6-7,10,12H,4-5,8-9H2,(H2,17,20)/t12-/m1/s1. The molecule has 0 radical (unpaired) electrons. The molecule has 6 heteroatoms. The summed E-state index contributed by atoms with van der Waals surface area (Å²) < 4.78 is 0. The van der Waals surface area contributed by atoms with Gasteiger partial charge in [0.1, 0.15) is 9.88 Å². The molecule has 0 spiro atoms. The average Bonchev–Trinajstić information content (AvgIpc) is 3.05. The number of hydrogen-bond acceptors (Lipinski definition) is 4. The maximum Gasteiger partial charge on any atom is 0.260 e. The predicted molar refractivity (Wildman–Crippen MR) is 84.7 cm³/mol. The molecule has 2 heterocycles. The van der Waals surface area contributed by atoms with E-state index in [1.807, 2.05) is 35.2 Å². The van der Waals surface area contributed by atoms with Gasteiger partial charge in [-0.3, -0.25) is 9.59 Å². The number of primary amides is 1. The molecule has 5 nitrogen and oxygen atoms in total. The zero-order valence-corrected chi connectivity index (χ0v) is 12.9. The van der Waals surface area contributed by atoms with Crippen LogP contribution in [-0.4, -0.2) is 28.2 Å². The summed E-state index contributed by atoms with van der Waals surface area (Å²) in [5, 5.41) is 0.790. The van der Waals surface area contributed by atoms with Crippen LogP contribution in [0.1, 0.15) is 50.3 Å². The van der Waals surface area contributed by atoms with Crippen molar-refractivity contribution in [2.75, 3.05) is 6.54 Å². The van der Waals surface area contributed by atoms with E-state index in [9.17, 15) is 9.59 Å². The summed E-state index contributed by atoms with van der Waals surface area (Å²) in [5.74, 6) is -0.457. The number of hydrogen-bond donors (Lipinski definition) is 1. The van der Waals surface area contributed by atoms with Gasteiger partial charge in [0.25, 0.3) is 11.8 Å². The second-order valence-corrected chi connectivity index (χ2v) is 6.37. The van der Waals surface area contributed by atoms with Gasteiger partial charge in [-0.05, 0) is 31.4 Å². The van der Waals surface area contributed by atoms with Crippen LogP contribution in [0.3, 0.4) is 0 Å². The number of rotatable bonds is 3. The summed E-state index contributed by atoms with van der Waals surface area (Å²) in [4.78, 5) is 30.6. The number of amides is 2. The topological polar surface area (TPSA) is 76.3 Å². The first-order valence-electron chi connectivity index (χ1n) is 7.28. The highest BCUT2D eigenvalue weighted by atomic mass is 32.1. The van der Waals surface area contributed by atoms with E-state index in [0.717, 1.165) is 24.3 Å². The fraction of sp³-hybridized carbons (Fsp3) is 0.312. The van der Waals surface area contributed by atoms with E-state index in [2.05, 4.69) is 4.98 Å². The van der Waals surface area contributed by atoms with Gasteiger partial charge in [-0.25, -0.2) is 4.98 Å². The van der Waals surface area contributed by atoms with Crippen LogP contribution in [0.15, 0.2) is 36.5 Å². The molecule has 114 valence electrons. The Kier molecular flexibility index (Phi) is 4.20. The molecule has 0 aliphatic carbocycles. The lowest BCUT2D eigenvalue weighted by Gasteiger charge is -2.34. The molecule has 22 heavy (non-hydrogen) atoms. The molecular formula is C16H17N3O2S. The Morgan fingerprint density at radius 3 is 2.68 bits per heavy atom. The van der Waals surface area contributed by atoms with Crippen LogP contribution in [0.25, 0.3) is 0 Å². The molecule has 2 aromatic rings. The molecule has 1 aromatic heterocycles. The molecule has 0 bridgehead atoms. The largest absolute Gasteiger partial charge is 0.365 e. The molecule has 2 amide bonds. The molecule has 1 aliphatic rings. The van der Waals surface area contributed by atoms with Crippen molar-refractivity contribution in [1.29, 1.82) is 0 Å². The Morgan fingerprint density at radius 2 is 2.00 bits per heavy atom. The van der Waals surface area contributed by atoms with Crippen LogP contribution in [-0.2, 0) is 0 Å². The quantitative estimate of drug-likeness (QED) is 0.946. The first kappa shape index (κ1) is 14.7. The first-order chi connectivity index (χ1) is 10.7. The van der Waals surface area contributed by atoms with Gasteiger partial charge >= 0.3 is 0 Å². The number of benzene rings is 1. The summed E-state index contributed by atoms with van der Waals surface area (Å²) >= 11 is 1.28. The molecule has 1 aliphatic heterocycles. The molecule has 3 rings (SSSR count). The van der Waals surface area contributed by atoms with E-state index in [1.54, 1.807) is 0 Å². The minimum atomic E-state index is -0.472. The molecule has 1 atom stereocenters. The summed E-state index contributed by atoms with van der Waals surface area (Å²) in [6, 6.07) is 9.20. The molecule has 0 unspecified atom stereocenters. The highest BCUT2D eigenvalue weighted by Gasteiger charge is 2.30. The molecule has 1 saturated heterocycles. The van der Waals surface area contributed by atoms with Gasteiger partial charge in [-0.15, -0.1) is 11.3 Å². The summed E-state index contributed by atoms with van der Waals surface area (Å²) in [7, 11) is 0. The van der Waals surface area contributed by atoms with Gasteiger partial charge < -0.3 is 10.6 Å². The van der Waals surface area contributed by atoms with Crippen LogP contribution < -0.4 is 5.73 Å². The van der Waals surface area contributed by atoms with Gasteiger partial charge in [-0.1, -0.05) is 18.2 Å². The maximum atomic E-state index is 12.7. The SMILES string of the molecule is NC(=O)c1cnc([C@H]2CCCCN2C(=O)c2ccccc2)s1. The lowest BCUT2D eigenvalue weighted by atomic mass is 10.0. The Balaban J connectivity index is 1.87. The molecular weight excluding hydrogens is 298 g/mol. The highest BCUT2D eigenvalue weighted by molar-refractivity contribution is 7.13. The number of carbonyl (C=O) groups is 2. The van der Waals surface area contributed by atoms with Crippen molar-refractivity contribution in [2.45, 2.75) is 25.3 Å². The molecule has 2 N–H and O–H groups in total. The fourth-order valence-electron chi connectivity index (χ4n) is 2.73. The summed E-state index contributed by atoms with van der Waals surface area (Å²) in [5.41, 5.74) is 5.97. The highest BCUT2D eigenvalue weighted by Crippen LogP contribution is 2.34. The van der Waals surface area contributed by atoms with Gasteiger partial charge in [0.05, 0.1) is 12.2 Å². The number of piperidine rings is 1. The van der Waals surface area contributed by atoms with Gasteiger partial charge in [0.15, 0.2) is 0 Å². The van der Waals surface area contributed by atoms with Crippen LogP contribution in [0.5, 0.6) is 0 Å². The zero-order valence-electron chi connectivity index (χ0n) is 12.1. The predicted octanol–water partition coefficient (Wildman–Crippen LogP) is 2.61. The number of nitrogens with zero attached hydrogens (tertiary/aromatic N) is 2. The van der Waals surface area contributed by atoms with Crippen molar-refractivity contribution < 1.29 is 9.59 Å². The van der Waals surface area contributed by atoms with Crippen molar-refractivity contribution in [3.63, 3.8) is 0 Å². The van der Waals surface area contributed by atoms with E-state index >= 15 is 0 Å². The monoisotopic (exact) mass is 315 g/mol. The van der Waals surface area contributed by atoms with E-state index in [0.29, 0.717) is 17.0 Å². The smallest absolute Gasteiger partial charge is 0.260 e. The van der Waals surface area contributed by atoms with Crippen LogP contribution in [0.2, 0.25) is 0 Å². The van der Waals surface area contributed by atoms with E-state index in [4.69, 9.17) is 5.73 Å². The van der Waals surface area contributed by atoms with E-state index in [1.165, 1.54) is 17.5 Å². The van der Waals surface area contributed by atoms with Crippen molar-refractivity contribution in [3.8, 4) is 0 Å². The van der Waals surface area contributed by atoms with Crippen LogP contribution in [0.4, 0.5) is 0 Å². The number of likely N-dealkylation sites (tertiary alicyclic amines) is 1. The first-order valence-corrected chi connectivity index (χ1v) is 8.10. The van der Waals surface area contributed by atoms with Crippen molar-refractivity contribution >= 4 is 23.2 Å². The molecule has 0 saturated carbocycles. The summed E-state index contributed by atoms with van der Waals surface area (Å²) in [6.07, 6.45) is 4.41. The molecule has 1 aromatic carbocycles. The van der Waals surface area contributed by atoms with Crippen molar-refractivity contribution in [2.24, 2.45) is 5.73 Å². The van der Waals surface area contributed by atoms with E-state index < -0.39 is 5.91 Å². The minimum Gasteiger partial charge on any atom is -0.365 e. The lowest BCUT2D eigenvalue weighted by Crippen LogP contribution is -2.38. The van der Waals surface area contributed by atoms with Crippen LogP contribution in [0, 0.1) is 0 Å². The van der Waals surface area contributed by atoms with Crippen molar-refractivity contribution in [1.82, 2.24) is 9.88 Å². The third-order valence-corrected chi connectivity index (χ3v) is 4.95. The van der Waals surface area contributed by atoms with Crippen LogP contribution >= 0.6 is 11.3 Å². The van der Waals surface area contributed by atoms with Gasteiger partial charge in [-0.2, -0.15) is 0 Å². The summed E-state index contributed by atoms with van der Waals surface area (Å²) in [6.45, 7) is 0.712. The minimum absolute atomic E-state index is 0.0149. The Bertz CT molecular complexity index is 684. The second-order valence-electron chi connectivity index (χ2n) is 5.30. The number of thiazole rings is 1. The van der Waals surface area contributed by atoms with Gasteiger partial charge in [0.2, 0.25) is 0 Å². The average molecular weight is 315 g/mol. The third kappa shape index (κ3) is 2.87. The Labute approximate surface area is 132 Å². The van der Waals surface area contributed by atoms with Crippen molar-refractivity contribution in [3.05, 3.63) is 52.0 Å².